The van der Waals surface area contributed by atoms with Crippen LogP contribution in [0.1, 0.15) is 97.8 Å². The van der Waals surface area contributed by atoms with E-state index in [9.17, 15) is 4.79 Å². The molecule has 338 valence electrons. The molecule has 63 heavy (non-hydrogen) atoms. The third-order valence-corrected chi connectivity index (χ3v) is 18.8. The smallest absolute Gasteiger partial charge is 0.349 e. The van der Waals surface area contributed by atoms with Crippen LogP contribution in [0.25, 0.3) is 10.8 Å². The second-order valence-electron chi connectivity index (χ2n) is 20.6. The molecule has 0 amide bonds. The number of fused-ring (bicyclic) bond motifs is 3. The Balaban J connectivity index is 1.02. The van der Waals surface area contributed by atoms with Crippen molar-refractivity contribution in [1.82, 2.24) is 0 Å². The van der Waals surface area contributed by atoms with Gasteiger partial charge in [0, 0.05) is 42.4 Å². The zero-order chi connectivity index (χ0) is 44.5. The molecule has 4 heterocycles. The summed E-state index contributed by atoms with van der Waals surface area (Å²) in [6, 6.07) is 35.2. The molecule has 9 nitrogen and oxygen atoms in total. The first kappa shape index (κ1) is 46.0. The maximum atomic E-state index is 14.2. The highest BCUT2D eigenvalue weighted by Gasteiger charge is 2.63. The first-order chi connectivity index (χ1) is 30.0. The normalized spacial score (nSPS) is 31.0. The maximum absolute atomic E-state index is 14.2. The van der Waals surface area contributed by atoms with Crippen molar-refractivity contribution in [2.24, 2.45) is 0 Å². The number of hydrogen-bond donors (Lipinski definition) is 0. The van der Waals surface area contributed by atoms with Crippen LogP contribution in [0.4, 0.5) is 0 Å². The molecule has 4 aliphatic rings. The van der Waals surface area contributed by atoms with Crippen LogP contribution in [-0.4, -0.2) is 81.5 Å². The lowest BCUT2D eigenvalue weighted by Gasteiger charge is -2.56. The molecule has 0 radical (unpaired) electrons. The molecular weight excluding hydrogens is 809 g/mol. The highest BCUT2D eigenvalue weighted by Crippen LogP contribution is 2.55. The summed E-state index contributed by atoms with van der Waals surface area (Å²) in [5.41, 5.74) is 1.65. The third-order valence-electron chi connectivity index (χ3n) is 13.7. The summed E-state index contributed by atoms with van der Waals surface area (Å²) in [5, 5.41) is 2.00. The van der Waals surface area contributed by atoms with Gasteiger partial charge in [0.25, 0.3) is 0 Å². The summed E-state index contributed by atoms with van der Waals surface area (Å²) >= 11 is 0. The molecule has 0 aromatic heterocycles. The minimum atomic E-state index is -2.78. The zero-order valence-electron chi connectivity index (χ0n) is 38.5. The van der Waals surface area contributed by atoms with Gasteiger partial charge < -0.3 is 37.3 Å². The van der Waals surface area contributed by atoms with Crippen LogP contribution in [0, 0.1) is 0 Å². The summed E-state index contributed by atoms with van der Waals surface area (Å²) in [7, 11) is -2.78. The minimum Gasteiger partial charge on any atom is -0.391 e. The number of ketones is 1. The second kappa shape index (κ2) is 18.7. The number of carbonyl (C=O) groups excluding carboxylic acids is 1. The third kappa shape index (κ3) is 10.2. The number of benzene rings is 4. The Morgan fingerprint density at radius 2 is 1.37 bits per heavy atom. The Hall–Kier alpha value is -3.55. The van der Waals surface area contributed by atoms with Gasteiger partial charge in [-0.1, -0.05) is 139 Å². The standard InChI is InChI=1S/C53H68O9Si/c1-50(2,3)63(51(4,5)6)58-36-47-46(61-63)31-44(56-35-39-23-24-40-21-15-16-22-41(40)29-39)45(59-47)30-43-42(54)25-26-52(7)49(60-43)32-48(57-34-38-19-13-10-14-20-38)53(8,62-52)27-28-55-33-37-17-11-9-12-18-37/h9-26,29,43-49H,27-28,30-36H2,1-8H3/t43-,44+,45-,46-,47+,48+,49-,52+,53-/m0/s1. The van der Waals surface area contributed by atoms with Gasteiger partial charge in [0.05, 0.1) is 62.5 Å². The van der Waals surface area contributed by atoms with Crippen LogP contribution in [0.2, 0.25) is 10.1 Å². The fourth-order valence-corrected chi connectivity index (χ4v) is 15.4. The fourth-order valence-electron chi connectivity index (χ4n) is 10.4. The average molecular weight is 877 g/mol. The van der Waals surface area contributed by atoms with Crippen molar-refractivity contribution in [1.29, 1.82) is 0 Å². The van der Waals surface area contributed by atoms with Crippen molar-refractivity contribution in [3.05, 3.63) is 132 Å². The maximum Gasteiger partial charge on any atom is 0.349 e. The summed E-state index contributed by atoms with van der Waals surface area (Å²) in [5.74, 6) is -0.120. The Labute approximate surface area is 376 Å². The van der Waals surface area contributed by atoms with Gasteiger partial charge in [-0.3, -0.25) is 4.79 Å². The van der Waals surface area contributed by atoms with E-state index in [0.29, 0.717) is 58.7 Å². The molecule has 9 atom stereocenters. The van der Waals surface area contributed by atoms with Crippen molar-refractivity contribution in [3.8, 4) is 0 Å². The van der Waals surface area contributed by atoms with Gasteiger partial charge >= 0.3 is 8.56 Å². The fraction of sp³-hybridized carbons (Fsp3) is 0.528. The van der Waals surface area contributed by atoms with Crippen LogP contribution in [0.3, 0.4) is 0 Å². The molecule has 0 spiro atoms. The Morgan fingerprint density at radius 3 is 2.06 bits per heavy atom. The second-order valence-corrected chi connectivity index (χ2v) is 25.3. The van der Waals surface area contributed by atoms with Gasteiger partial charge in [0.2, 0.25) is 0 Å². The molecule has 3 fully saturated rings. The largest absolute Gasteiger partial charge is 0.391 e. The van der Waals surface area contributed by atoms with E-state index in [1.54, 1.807) is 6.08 Å². The van der Waals surface area contributed by atoms with E-state index in [0.717, 1.165) is 22.1 Å². The van der Waals surface area contributed by atoms with Crippen LogP contribution in [-0.2, 0) is 61.9 Å². The van der Waals surface area contributed by atoms with Gasteiger partial charge in [-0.25, -0.2) is 0 Å². The van der Waals surface area contributed by atoms with Crippen molar-refractivity contribution in [2.75, 3.05) is 13.2 Å². The lowest BCUT2D eigenvalue weighted by atomic mass is 9.80. The highest BCUT2D eigenvalue weighted by molar-refractivity contribution is 6.73. The molecule has 0 aliphatic carbocycles. The van der Waals surface area contributed by atoms with Gasteiger partial charge in [-0.15, -0.1) is 0 Å². The Kier molecular flexibility index (Phi) is 13.7. The molecule has 4 aromatic carbocycles. The van der Waals surface area contributed by atoms with Crippen molar-refractivity contribution in [3.63, 3.8) is 0 Å². The monoisotopic (exact) mass is 876 g/mol. The molecule has 0 bridgehead atoms. The number of rotatable bonds is 13. The van der Waals surface area contributed by atoms with E-state index < -0.39 is 38.1 Å². The lowest BCUT2D eigenvalue weighted by molar-refractivity contribution is -0.277. The summed E-state index contributed by atoms with van der Waals surface area (Å²) in [6.07, 6.45) is 2.68. The van der Waals surface area contributed by atoms with Gasteiger partial charge in [0.1, 0.15) is 17.8 Å². The predicted molar refractivity (Wildman–Crippen MR) is 247 cm³/mol. The van der Waals surface area contributed by atoms with Crippen molar-refractivity contribution < 1.29 is 42.1 Å². The number of ether oxygens (including phenoxy) is 6. The van der Waals surface area contributed by atoms with Gasteiger partial charge in [-0.2, -0.15) is 0 Å². The molecule has 10 heteroatoms. The molecule has 3 saturated heterocycles. The van der Waals surface area contributed by atoms with E-state index in [4.69, 9.17) is 37.3 Å². The van der Waals surface area contributed by atoms with Gasteiger partial charge in [-0.05, 0) is 59.5 Å². The summed E-state index contributed by atoms with van der Waals surface area (Å²) in [6.45, 7) is 19.8. The molecule has 4 aromatic rings. The Bertz CT molecular complexity index is 2170. The van der Waals surface area contributed by atoms with Crippen LogP contribution in [0.5, 0.6) is 0 Å². The molecule has 8 rings (SSSR count). The van der Waals surface area contributed by atoms with Gasteiger partial charge in [0.15, 0.2) is 5.78 Å². The molecular formula is C53H68O9Si. The average Bonchev–Trinajstić information content (AvgIpc) is 3.37. The first-order valence-electron chi connectivity index (χ1n) is 23.0. The van der Waals surface area contributed by atoms with E-state index in [1.165, 1.54) is 5.39 Å². The topological polar surface area (TPSA) is 90.9 Å². The summed E-state index contributed by atoms with van der Waals surface area (Å²) < 4.78 is 55.0. The molecule has 0 N–H and O–H groups in total. The van der Waals surface area contributed by atoms with Crippen LogP contribution in [0.15, 0.2) is 115 Å². The molecule has 4 aliphatic heterocycles. The number of carbonyl (C=O) groups is 1. The SMILES string of the molecule is CC(C)(C)[Si]1(C(C)(C)C)OC[C@H]2O[C@@H](C[C@@H]3O[C@H]4C[C@@H](OCc5ccccc5)[C@](C)(CCOCc5ccccc5)O[C@]4(C)C=CC3=O)[C@H](OCc3ccc4ccccc4c3)C[C@@H]2O1. The highest BCUT2D eigenvalue weighted by atomic mass is 28.4. The van der Waals surface area contributed by atoms with E-state index in [2.05, 4.69) is 115 Å². The van der Waals surface area contributed by atoms with Crippen molar-refractivity contribution >= 4 is 25.1 Å². The molecule has 0 unspecified atom stereocenters. The lowest BCUT2D eigenvalue weighted by Crippen LogP contribution is -2.67. The number of hydrogen-bond acceptors (Lipinski definition) is 9. The van der Waals surface area contributed by atoms with E-state index in [-0.39, 0.29) is 40.3 Å². The predicted octanol–water partition coefficient (Wildman–Crippen LogP) is 10.8. The van der Waals surface area contributed by atoms with Crippen LogP contribution >= 0.6 is 0 Å². The van der Waals surface area contributed by atoms with Crippen molar-refractivity contribution in [2.45, 2.75) is 165 Å². The van der Waals surface area contributed by atoms with E-state index in [1.807, 2.05) is 49.4 Å². The zero-order valence-corrected chi connectivity index (χ0v) is 39.5. The summed E-state index contributed by atoms with van der Waals surface area (Å²) in [4.78, 5) is 14.2. The Morgan fingerprint density at radius 1 is 0.714 bits per heavy atom. The minimum absolute atomic E-state index is 0.120. The molecule has 0 saturated carbocycles. The van der Waals surface area contributed by atoms with Crippen LogP contribution < -0.4 is 0 Å². The quantitative estimate of drug-likeness (QED) is 0.0962. The van der Waals surface area contributed by atoms with E-state index >= 15 is 0 Å². The first-order valence-corrected chi connectivity index (χ1v) is 24.8.